The first-order chi connectivity index (χ1) is 15.7. The van der Waals surface area contributed by atoms with Gasteiger partial charge in [0, 0.05) is 6.07 Å². The number of carbonyl (C=O) groups is 4. The summed E-state index contributed by atoms with van der Waals surface area (Å²) >= 11 is 0.607. The van der Waals surface area contributed by atoms with Crippen LogP contribution in [-0.2, 0) is 14.4 Å². The second kappa shape index (κ2) is 10.1. The molecule has 1 aliphatic rings. The van der Waals surface area contributed by atoms with Crippen LogP contribution in [0.5, 0.6) is 11.5 Å². The summed E-state index contributed by atoms with van der Waals surface area (Å²) in [5.41, 5.74) is 0.166. The number of hydrogen-bond donors (Lipinski definition) is 2. The number of amides is 3. The molecule has 0 bridgehead atoms. The number of carboxylic acid groups (broad SMARTS) is 1. The number of anilines is 1. The van der Waals surface area contributed by atoms with Crippen LogP contribution in [0, 0.1) is 11.6 Å². The maximum Gasteiger partial charge on any atom is 0.341 e. The highest BCUT2D eigenvalue weighted by atomic mass is 32.2. The number of carbonyl (C=O) groups excluding carboxylic acids is 3. The standard InChI is InChI=1S/C21H16F2N2O7S/c1-31-16-6-11(2-5-15(16)32-10-19(27)28)7-17-20(29)25(21(30)33-17)9-18(26)24-14-4-3-12(22)8-13(14)23/h2-8H,9-10H2,1H3,(H,24,26)(H,27,28)/b17-7-. The molecule has 0 atom stereocenters. The Labute approximate surface area is 190 Å². The number of hydrogen-bond acceptors (Lipinski definition) is 7. The third kappa shape index (κ3) is 5.86. The molecular weight excluding hydrogens is 462 g/mol. The van der Waals surface area contributed by atoms with Gasteiger partial charge in [-0.05, 0) is 47.7 Å². The van der Waals surface area contributed by atoms with Crippen molar-refractivity contribution in [2.45, 2.75) is 0 Å². The molecule has 172 valence electrons. The van der Waals surface area contributed by atoms with Crippen molar-refractivity contribution in [3.05, 3.63) is 58.5 Å². The van der Waals surface area contributed by atoms with Crippen LogP contribution >= 0.6 is 11.8 Å². The monoisotopic (exact) mass is 478 g/mol. The first-order valence-electron chi connectivity index (χ1n) is 9.21. The molecule has 12 heteroatoms. The number of methoxy groups -OCH3 is 1. The minimum atomic E-state index is -1.17. The van der Waals surface area contributed by atoms with Crippen molar-refractivity contribution in [2.24, 2.45) is 0 Å². The average Bonchev–Trinajstić information content (AvgIpc) is 3.01. The van der Waals surface area contributed by atoms with Gasteiger partial charge < -0.3 is 19.9 Å². The van der Waals surface area contributed by atoms with Crippen molar-refractivity contribution in [2.75, 3.05) is 25.6 Å². The van der Waals surface area contributed by atoms with E-state index in [2.05, 4.69) is 5.32 Å². The van der Waals surface area contributed by atoms with E-state index in [1.54, 1.807) is 0 Å². The number of thioether (sulfide) groups is 1. The number of aliphatic carboxylic acids is 1. The maximum atomic E-state index is 13.7. The number of nitrogens with one attached hydrogen (secondary N) is 1. The summed E-state index contributed by atoms with van der Waals surface area (Å²) in [5, 5.41) is 10.2. The van der Waals surface area contributed by atoms with Gasteiger partial charge in [-0.1, -0.05) is 6.07 Å². The van der Waals surface area contributed by atoms with Crippen LogP contribution in [0.4, 0.5) is 19.3 Å². The summed E-state index contributed by atoms with van der Waals surface area (Å²) in [6.07, 6.45) is 1.39. The lowest BCUT2D eigenvalue weighted by Crippen LogP contribution is -2.36. The number of halogens is 2. The Hall–Kier alpha value is -3.93. The van der Waals surface area contributed by atoms with E-state index in [4.69, 9.17) is 14.6 Å². The SMILES string of the molecule is COc1cc(/C=C2\SC(=O)N(CC(=O)Nc3ccc(F)cc3F)C2=O)ccc1OCC(=O)O. The molecule has 0 saturated carbocycles. The Morgan fingerprint density at radius 1 is 1.15 bits per heavy atom. The molecule has 0 spiro atoms. The minimum absolute atomic E-state index is 0.0296. The predicted molar refractivity (Wildman–Crippen MR) is 114 cm³/mol. The van der Waals surface area contributed by atoms with Crippen LogP contribution in [0.25, 0.3) is 6.08 Å². The summed E-state index contributed by atoms with van der Waals surface area (Å²) in [5.74, 6) is -4.17. The van der Waals surface area contributed by atoms with Crippen molar-refractivity contribution in [3.8, 4) is 11.5 Å². The topological polar surface area (TPSA) is 122 Å². The number of rotatable bonds is 8. The number of ether oxygens (including phenoxy) is 2. The van der Waals surface area contributed by atoms with Gasteiger partial charge in [0.15, 0.2) is 18.1 Å². The van der Waals surface area contributed by atoms with Crippen LogP contribution in [0.15, 0.2) is 41.3 Å². The van der Waals surface area contributed by atoms with Crippen molar-refractivity contribution in [1.82, 2.24) is 4.90 Å². The Balaban J connectivity index is 1.71. The Morgan fingerprint density at radius 3 is 2.58 bits per heavy atom. The molecule has 0 unspecified atom stereocenters. The van der Waals surface area contributed by atoms with E-state index in [0.717, 1.165) is 12.1 Å². The van der Waals surface area contributed by atoms with Crippen molar-refractivity contribution < 1.29 is 42.5 Å². The third-order valence-corrected chi connectivity index (χ3v) is 5.12. The molecule has 0 aliphatic carbocycles. The van der Waals surface area contributed by atoms with Gasteiger partial charge in [-0.15, -0.1) is 0 Å². The Morgan fingerprint density at radius 2 is 1.91 bits per heavy atom. The van der Waals surface area contributed by atoms with Crippen LogP contribution in [-0.4, -0.2) is 53.3 Å². The van der Waals surface area contributed by atoms with Gasteiger partial charge in [-0.2, -0.15) is 0 Å². The molecule has 2 aromatic carbocycles. The maximum absolute atomic E-state index is 13.7. The number of imide groups is 1. The van der Waals surface area contributed by atoms with Gasteiger partial charge in [0.2, 0.25) is 5.91 Å². The van der Waals surface area contributed by atoms with E-state index in [0.29, 0.717) is 28.3 Å². The molecule has 2 N–H and O–H groups in total. The minimum Gasteiger partial charge on any atom is -0.493 e. The van der Waals surface area contributed by atoms with E-state index in [9.17, 15) is 28.0 Å². The first kappa shape index (κ1) is 23.7. The molecule has 1 aliphatic heterocycles. The van der Waals surface area contributed by atoms with Crippen LogP contribution in [0.3, 0.4) is 0 Å². The highest BCUT2D eigenvalue weighted by Crippen LogP contribution is 2.34. The van der Waals surface area contributed by atoms with Crippen LogP contribution < -0.4 is 14.8 Å². The summed E-state index contributed by atoms with van der Waals surface area (Å²) in [7, 11) is 1.35. The zero-order valence-corrected chi connectivity index (χ0v) is 17.8. The number of carboxylic acids is 1. The van der Waals surface area contributed by atoms with Gasteiger partial charge in [0.1, 0.15) is 18.2 Å². The summed E-state index contributed by atoms with van der Waals surface area (Å²) in [4.78, 5) is 48.4. The molecule has 33 heavy (non-hydrogen) atoms. The highest BCUT2D eigenvalue weighted by molar-refractivity contribution is 8.18. The van der Waals surface area contributed by atoms with Crippen molar-refractivity contribution in [3.63, 3.8) is 0 Å². The molecule has 3 amide bonds. The zero-order chi connectivity index (χ0) is 24.1. The number of nitrogens with zero attached hydrogens (tertiary/aromatic N) is 1. The largest absolute Gasteiger partial charge is 0.493 e. The molecule has 0 aromatic heterocycles. The van der Waals surface area contributed by atoms with Gasteiger partial charge in [0.05, 0.1) is 17.7 Å². The lowest BCUT2D eigenvalue weighted by atomic mass is 10.2. The molecule has 1 saturated heterocycles. The second-order valence-electron chi connectivity index (χ2n) is 6.53. The summed E-state index contributed by atoms with van der Waals surface area (Å²) in [6, 6.07) is 7.02. The van der Waals surface area contributed by atoms with E-state index in [-0.39, 0.29) is 22.1 Å². The van der Waals surface area contributed by atoms with E-state index >= 15 is 0 Å². The zero-order valence-electron chi connectivity index (χ0n) is 17.0. The summed E-state index contributed by atoms with van der Waals surface area (Å²) in [6.45, 7) is -1.23. The molecule has 2 aromatic rings. The van der Waals surface area contributed by atoms with E-state index < -0.39 is 47.8 Å². The fraction of sp³-hybridized carbons (Fsp3) is 0.143. The lowest BCUT2D eigenvalue weighted by molar-refractivity contribution is -0.139. The smallest absolute Gasteiger partial charge is 0.341 e. The fourth-order valence-corrected chi connectivity index (χ4v) is 3.58. The number of benzene rings is 2. The highest BCUT2D eigenvalue weighted by Gasteiger charge is 2.36. The Bertz CT molecular complexity index is 1170. The Kier molecular flexibility index (Phi) is 7.28. The average molecular weight is 478 g/mol. The van der Waals surface area contributed by atoms with E-state index in [1.165, 1.54) is 31.4 Å². The molecular formula is C21H16F2N2O7S. The molecule has 1 fully saturated rings. The first-order valence-corrected chi connectivity index (χ1v) is 10.0. The third-order valence-electron chi connectivity index (χ3n) is 4.22. The fourth-order valence-electron chi connectivity index (χ4n) is 2.74. The van der Waals surface area contributed by atoms with Gasteiger partial charge in [0.25, 0.3) is 11.1 Å². The van der Waals surface area contributed by atoms with Crippen LogP contribution in [0.1, 0.15) is 5.56 Å². The van der Waals surface area contributed by atoms with Crippen molar-refractivity contribution >= 4 is 46.5 Å². The van der Waals surface area contributed by atoms with Gasteiger partial charge in [-0.25, -0.2) is 13.6 Å². The quantitative estimate of drug-likeness (QED) is 0.555. The predicted octanol–water partition coefficient (Wildman–Crippen LogP) is 3.11. The van der Waals surface area contributed by atoms with Gasteiger partial charge >= 0.3 is 5.97 Å². The van der Waals surface area contributed by atoms with Crippen LogP contribution in [0.2, 0.25) is 0 Å². The molecule has 1 heterocycles. The van der Waals surface area contributed by atoms with Crippen molar-refractivity contribution in [1.29, 1.82) is 0 Å². The second-order valence-corrected chi connectivity index (χ2v) is 7.53. The molecule has 3 rings (SSSR count). The normalized spacial score (nSPS) is 14.5. The molecule has 9 nitrogen and oxygen atoms in total. The summed E-state index contributed by atoms with van der Waals surface area (Å²) < 4.78 is 36.9. The van der Waals surface area contributed by atoms with Gasteiger partial charge in [-0.3, -0.25) is 19.3 Å². The lowest BCUT2D eigenvalue weighted by Gasteiger charge is -2.13. The molecule has 0 radical (unpaired) electrons. The van der Waals surface area contributed by atoms with E-state index in [1.807, 2.05) is 0 Å².